The molecule has 19 heavy (non-hydrogen) atoms. The van der Waals surface area contributed by atoms with Crippen LogP contribution >= 0.6 is 0 Å². The molecule has 1 aliphatic carbocycles. The monoisotopic (exact) mass is 263 g/mol. The maximum atomic E-state index is 12.3. The molecular formula is C15H25N3O. The molecule has 0 aliphatic heterocycles. The van der Waals surface area contributed by atoms with Crippen molar-refractivity contribution in [1.29, 1.82) is 5.26 Å². The van der Waals surface area contributed by atoms with Crippen LogP contribution in [0.15, 0.2) is 11.8 Å². The number of amides is 1. The molecule has 0 atom stereocenters. The summed E-state index contributed by atoms with van der Waals surface area (Å²) in [5.41, 5.74) is 0.247. The van der Waals surface area contributed by atoms with Crippen LogP contribution in [0.5, 0.6) is 0 Å². The quantitative estimate of drug-likeness (QED) is 0.565. The first kappa shape index (κ1) is 15.6. The number of hydrogen-bond donors (Lipinski definition) is 0. The fraction of sp³-hybridized carbons (Fsp3) is 0.733. The van der Waals surface area contributed by atoms with Crippen molar-refractivity contribution >= 4 is 5.91 Å². The third-order valence-electron chi connectivity index (χ3n) is 3.92. The molecule has 0 radical (unpaired) electrons. The number of likely N-dealkylation sites (N-methyl/N-ethyl adjacent to an activating group) is 1. The van der Waals surface area contributed by atoms with E-state index in [1.807, 2.05) is 31.9 Å². The van der Waals surface area contributed by atoms with E-state index >= 15 is 0 Å². The number of nitrogens with zero attached hydrogens (tertiary/aromatic N) is 3. The molecule has 0 aromatic heterocycles. The molecule has 0 heterocycles. The Kier molecular flexibility index (Phi) is 6.41. The Hall–Kier alpha value is -1.50. The van der Waals surface area contributed by atoms with Gasteiger partial charge in [-0.2, -0.15) is 5.26 Å². The van der Waals surface area contributed by atoms with Crippen LogP contribution in [-0.4, -0.2) is 41.9 Å². The molecule has 1 saturated carbocycles. The highest BCUT2D eigenvalue weighted by molar-refractivity contribution is 5.97. The highest BCUT2D eigenvalue weighted by Crippen LogP contribution is 2.22. The van der Waals surface area contributed by atoms with Gasteiger partial charge >= 0.3 is 0 Å². The largest absolute Gasteiger partial charge is 0.377 e. The molecule has 0 saturated heterocycles. The zero-order valence-electron chi connectivity index (χ0n) is 12.4. The lowest BCUT2D eigenvalue weighted by Crippen LogP contribution is -2.39. The summed E-state index contributed by atoms with van der Waals surface area (Å²) in [6.45, 7) is 5.65. The molecule has 1 rings (SSSR count). The van der Waals surface area contributed by atoms with Crippen LogP contribution in [0.25, 0.3) is 0 Å². The van der Waals surface area contributed by atoms with E-state index in [1.54, 1.807) is 11.1 Å². The maximum absolute atomic E-state index is 12.3. The zero-order valence-corrected chi connectivity index (χ0v) is 12.4. The highest BCUT2D eigenvalue weighted by Gasteiger charge is 2.24. The van der Waals surface area contributed by atoms with Gasteiger partial charge in [0.2, 0.25) is 0 Å². The number of carbonyl (C=O) groups excluding carboxylic acids is 1. The summed E-state index contributed by atoms with van der Waals surface area (Å²) in [4.78, 5) is 16.1. The van der Waals surface area contributed by atoms with Crippen molar-refractivity contribution in [3.05, 3.63) is 11.8 Å². The van der Waals surface area contributed by atoms with E-state index in [2.05, 4.69) is 0 Å². The average Bonchev–Trinajstić information content (AvgIpc) is 2.48. The van der Waals surface area contributed by atoms with Crippen molar-refractivity contribution in [3.8, 4) is 6.07 Å². The van der Waals surface area contributed by atoms with Crippen molar-refractivity contribution in [2.24, 2.45) is 0 Å². The first-order chi connectivity index (χ1) is 9.13. The van der Waals surface area contributed by atoms with Gasteiger partial charge in [-0.3, -0.25) is 4.79 Å². The number of rotatable bonds is 5. The van der Waals surface area contributed by atoms with E-state index in [-0.39, 0.29) is 11.5 Å². The minimum atomic E-state index is -0.138. The normalized spacial score (nSPS) is 16.8. The highest BCUT2D eigenvalue weighted by atomic mass is 16.2. The van der Waals surface area contributed by atoms with Crippen LogP contribution in [0.2, 0.25) is 0 Å². The van der Waals surface area contributed by atoms with Crippen molar-refractivity contribution in [2.75, 3.05) is 20.1 Å². The second-order valence-corrected chi connectivity index (χ2v) is 5.08. The van der Waals surface area contributed by atoms with E-state index in [0.29, 0.717) is 6.04 Å². The lowest BCUT2D eigenvalue weighted by molar-refractivity contribution is -0.128. The number of hydrogen-bond acceptors (Lipinski definition) is 3. The van der Waals surface area contributed by atoms with Gasteiger partial charge in [-0.25, -0.2) is 0 Å². The summed E-state index contributed by atoms with van der Waals surface area (Å²) in [5, 5.41) is 9.19. The van der Waals surface area contributed by atoms with Crippen LogP contribution in [-0.2, 0) is 4.79 Å². The molecule has 0 aromatic carbocycles. The van der Waals surface area contributed by atoms with Crippen LogP contribution in [0, 0.1) is 11.3 Å². The van der Waals surface area contributed by atoms with E-state index in [1.165, 1.54) is 19.3 Å². The van der Waals surface area contributed by atoms with Crippen LogP contribution in [0.1, 0.15) is 46.0 Å². The molecule has 1 fully saturated rings. The van der Waals surface area contributed by atoms with Gasteiger partial charge in [-0.1, -0.05) is 19.3 Å². The first-order valence-corrected chi connectivity index (χ1v) is 7.27. The van der Waals surface area contributed by atoms with Gasteiger partial charge < -0.3 is 9.80 Å². The van der Waals surface area contributed by atoms with Crippen molar-refractivity contribution < 1.29 is 4.79 Å². The topological polar surface area (TPSA) is 47.3 Å². The summed E-state index contributed by atoms with van der Waals surface area (Å²) in [6, 6.07) is 2.35. The summed E-state index contributed by atoms with van der Waals surface area (Å²) >= 11 is 0. The van der Waals surface area contributed by atoms with Crippen molar-refractivity contribution in [3.63, 3.8) is 0 Å². The van der Waals surface area contributed by atoms with Gasteiger partial charge in [0, 0.05) is 32.4 Å². The predicted octanol–water partition coefficient (Wildman–Crippen LogP) is 2.53. The fourth-order valence-electron chi connectivity index (χ4n) is 2.54. The molecule has 1 amide bonds. The smallest absolute Gasteiger partial charge is 0.265 e. The third-order valence-corrected chi connectivity index (χ3v) is 3.92. The minimum Gasteiger partial charge on any atom is -0.377 e. The summed E-state index contributed by atoms with van der Waals surface area (Å²) in [7, 11) is 1.83. The lowest BCUT2D eigenvalue weighted by Gasteiger charge is -2.31. The Morgan fingerprint density at radius 1 is 1.26 bits per heavy atom. The van der Waals surface area contributed by atoms with E-state index in [0.717, 1.165) is 25.9 Å². The Balaban J connectivity index is 2.74. The Labute approximate surface area is 116 Å². The molecule has 4 heteroatoms. The minimum absolute atomic E-state index is 0.138. The SMILES string of the molecule is CCN(/C=C(/C#N)C(=O)N(C)C1CCCCC1)CC. The second-order valence-electron chi connectivity index (χ2n) is 5.08. The fourth-order valence-corrected chi connectivity index (χ4v) is 2.54. The second kappa shape index (κ2) is 7.83. The number of nitriles is 1. The van der Waals surface area contributed by atoms with Gasteiger partial charge in [-0.15, -0.1) is 0 Å². The molecule has 106 valence electrons. The third kappa shape index (κ3) is 4.27. The molecule has 0 bridgehead atoms. The van der Waals surface area contributed by atoms with Gasteiger partial charge in [0.25, 0.3) is 5.91 Å². The van der Waals surface area contributed by atoms with Crippen LogP contribution < -0.4 is 0 Å². The van der Waals surface area contributed by atoms with Crippen LogP contribution in [0.3, 0.4) is 0 Å². The molecule has 0 unspecified atom stereocenters. The molecule has 1 aliphatic rings. The van der Waals surface area contributed by atoms with Crippen LogP contribution in [0.4, 0.5) is 0 Å². The van der Waals surface area contributed by atoms with Gasteiger partial charge in [0.15, 0.2) is 0 Å². The van der Waals surface area contributed by atoms with E-state index in [9.17, 15) is 10.1 Å². The van der Waals surface area contributed by atoms with Gasteiger partial charge in [0.1, 0.15) is 11.6 Å². The first-order valence-electron chi connectivity index (χ1n) is 7.27. The molecule has 0 N–H and O–H groups in total. The van der Waals surface area contributed by atoms with Crippen molar-refractivity contribution in [1.82, 2.24) is 9.80 Å². The summed E-state index contributed by atoms with van der Waals surface area (Å²) < 4.78 is 0. The molecule has 0 aromatic rings. The Morgan fingerprint density at radius 2 is 1.84 bits per heavy atom. The standard InChI is InChI=1S/C15H25N3O/c1-4-18(5-2)12-13(11-16)15(19)17(3)14-9-7-6-8-10-14/h12,14H,4-10H2,1-3H3/b13-12-. The summed E-state index contributed by atoms with van der Waals surface area (Å²) in [5.74, 6) is -0.138. The van der Waals surface area contributed by atoms with Gasteiger partial charge in [0.05, 0.1) is 0 Å². The average molecular weight is 263 g/mol. The van der Waals surface area contributed by atoms with E-state index < -0.39 is 0 Å². The Morgan fingerprint density at radius 3 is 2.32 bits per heavy atom. The van der Waals surface area contributed by atoms with E-state index in [4.69, 9.17) is 0 Å². The van der Waals surface area contributed by atoms with Crippen molar-refractivity contribution in [2.45, 2.75) is 52.0 Å². The molecular weight excluding hydrogens is 238 g/mol. The maximum Gasteiger partial charge on any atom is 0.265 e. The van der Waals surface area contributed by atoms with Gasteiger partial charge in [-0.05, 0) is 26.7 Å². The summed E-state index contributed by atoms with van der Waals surface area (Å²) in [6.07, 6.45) is 7.45. The predicted molar refractivity (Wildman–Crippen MR) is 76.3 cm³/mol. The Bertz CT molecular complexity index is 360. The molecule has 4 nitrogen and oxygen atoms in total. The molecule has 0 spiro atoms. The number of carbonyl (C=O) groups is 1. The zero-order chi connectivity index (χ0) is 14.3. The lowest BCUT2D eigenvalue weighted by atomic mass is 9.94.